The summed E-state index contributed by atoms with van der Waals surface area (Å²) < 4.78 is 3.99. The second kappa shape index (κ2) is 13.0. The predicted molar refractivity (Wildman–Crippen MR) is 123 cm³/mol. The van der Waals surface area contributed by atoms with Gasteiger partial charge in [-0.05, 0) is 0 Å². The maximum Gasteiger partial charge on any atom is -0.147 e. The van der Waals surface area contributed by atoms with Crippen molar-refractivity contribution in [2.45, 2.75) is 92.2 Å². The van der Waals surface area contributed by atoms with E-state index in [9.17, 15) is 0 Å². The van der Waals surface area contributed by atoms with Crippen LogP contribution in [-0.4, -0.2) is 5.98 Å². The largest absolute Gasteiger partial charge is 0.147 e. The summed E-state index contributed by atoms with van der Waals surface area (Å²) >= 11 is -1.77. The third-order valence-electron chi connectivity index (χ3n) is 5.80. The van der Waals surface area contributed by atoms with Gasteiger partial charge < -0.3 is 0 Å². The van der Waals surface area contributed by atoms with E-state index in [1.807, 2.05) is 6.66 Å². The molecule has 0 N–H and O–H groups in total. The van der Waals surface area contributed by atoms with E-state index in [2.05, 4.69) is 52.9 Å². The van der Waals surface area contributed by atoms with Crippen molar-refractivity contribution in [3.8, 4) is 0 Å². The van der Waals surface area contributed by atoms with Gasteiger partial charge in [0.05, 0.1) is 0 Å². The molecule has 0 saturated carbocycles. The van der Waals surface area contributed by atoms with Crippen LogP contribution in [0.4, 0.5) is 0 Å². The number of unbranched alkanes of at least 4 members (excludes halogenated alkanes) is 2. The van der Waals surface area contributed by atoms with Crippen molar-refractivity contribution in [1.29, 1.82) is 0 Å². The summed E-state index contributed by atoms with van der Waals surface area (Å²) in [6, 6.07) is 0. The molecule has 0 spiro atoms. The molecule has 0 aromatic carbocycles. The van der Waals surface area contributed by atoms with Gasteiger partial charge in [0.15, 0.2) is 0 Å². The van der Waals surface area contributed by atoms with Crippen molar-refractivity contribution >= 4 is 30.8 Å². The summed E-state index contributed by atoms with van der Waals surface area (Å²) in [4.78, 5) is 0. The van der Waals surface area contributed by atoms with Crippen molar-refractivity contribution in [1.82, 2.24) is 0 Å². The minimum Gasteiger partial charge on any atom is -0.147 e. The Bertz CT molecular complexity index is 537. The van der Waals surface area contributed by atoms with Gasteiger partial charge >= 0.3 is 160 Å². The van der Waals surface area contributed by atoms with Crippen LogP contribution in [0.5, 0.6) is 0 Å². The van der Waals surface area contributed by atoms with E-state index in [1.165, 1.54) is 51.4 Å². The first-order valence-corrected chi connectivity index (χ1v) is 22.9. The number of halogens is 2. The molecule has 0 bridgehead atoms. The number of hydrogen-bond acceptors (Lipinski definition) is 0. The normalized spacial score (nSPS) is 16.6. The van der Waals surface area contributed by atoms with Crippen LogP contribution in [0.2, 0.25) is 13.1 Å². The van der Waals surface area contributed by atoms with Gasteiger partial charge in [-0.2, -0.15) is 0 Å². The standard InChI is InChI=1S/2C10H15.C2H7Si.2ClH.Hf/c2*1-3-4-7-10-8-5-6-9(10)2;1-3-2;;;/h2*8H,3-5,7H2,1-2H3;3H,1-2H3;2*1H;. The summed E-state index contributed by atoms with van der Waals surface area (Å²) in [6.07, 6.45) is 15.8. The van der Waals surface area contributed by atoms with E-state index < -0.39 is 26.6 Å². The predicted octanol–water partition coefficient (Wildman–Crippen LogP) is 8.02. The first kappa shape index (κ1) is 26.6. The van der Waals surface area contributed by atoms with Gasteiger partial charge in [-0.1, -0.05) is 0 Å². The Morgan fingerprint density at radius 1 is 0.808 bits per heavy atom. The van der Waals surface area contributed by atoms with Crippen molar-refractivity contribution in [3.05, 3.63) is 41.1 Å². The van der Waals surface area contributed by atoms with Gasteiger partial charge in [-0.15, -0.1) is 24.8 Å². The fraction of sp³-hybridized carbons (Fsp3) is 0.636. The van der Waals surface area contributed by atoms with Crippen LogP contribution in [-0.2, 0) is 20.6 Å². The van der Waals surface area contributed by atoms with Crippen molar-refractivity contribution in [3.63, 3.8) is 0 Å². The molecule has 2 rings (SSSR count). The van der Waals surface area contributed by atoms with Crippen LogP contribution in [0, 0.1) is 0 Å². The molecule has 0 saturated heterocycles. The van der Waals surface area contributed by atoms with Gasteiger partial charge in [0.25, 0.3) is 0 Å². The van der Waals surface area contributed by atoms with E-state index >= 15 is 0 Å². The molecule has 0 aromatic rings. The smallest absolute Gasteiger partial charge is 0.147 e. The van der Waals surface area contributed by atoms with E-state index in [0.717, 1.165) is 0 Å². The zero-order valence-electron chi connectivity index (χ0n) is 17.7. The Labute approximate surface area is 183 Å². The van der Waals surface area contributed by atoms with Crippen LogP contribution >= 0.6 is 24.8 Å². The van der Waals surface area contributed by atoms with Gasteiger partial charge in [0, 0.05) is 0 Å². The van der Waals surface area contributed by atoms with Crippen LogP contribution in [0.3, 0.4) is 0 Å². The maximum absolute atomic E-state index is 2.65. The summed E-state index contributed by atoms with van der Waals surface area (Å²) in [6.45, 7) is 14.8. The average Bonchev–Trinajstić information content (AvgIpc) is 3.08. The molecule has 4 heteroatoms. The Kier molecular flexibility index (Phi) is 13.3. The van der Waals surface area contributed by atoms with E-state index in [1.54, 1.807) is 22.3 Å². The van der Waals surface area contributed by atoms with Crippen LogP contribution in [0.25, 0.3) is 0 Å². The monoisotopic (exact) mass is 581 g/mol. The summed E-state index contributed by atoms with van der Waals surface area (Å²) in [5.74, 6) is -0.547. The average molecular weight is 581 g/mol. The van der Waals surface area contributed by atoms with Gasteiger partial charge in [0.2, 0.25) is 0 Å². The molecule has 0 unspecified atom stereocenters. The molecule has 0 radical (unpaired) electrons. The zero-order valence-corrected chi connectivity index (χ0v) is 24.1. The Morgan fingerprint density at radius 2 is 1.19 bits per heavy atom. The number of hydrogen-bond donors (Lipinski definition) is 0. The molecule has 0 aliphatic heterocycles. The summed E-state index contributed by atoms with van der Waals surface area (Å²) in [5.41, 5.74) is 6.90. The first-order chi connectivity index (χ1) is 11.5. The first-order valence-electron chi connectivity index (χ1n) is 10.2. The molecule has 2 aliphatic carbocycles. The van der Waals surface area contributed by atoms with E-state index in [0.29, 0.717) is 0 Å². The Hall–Kier alpha value is 0.627. The van der Waals surface area contributed by atoms with Crippen molar-refractivity contribution in [2.24, 2.45) is 0 Å². The second-order valence-electron chi connectivity index (χ2n) is 7.85. The second-order valence-corrected chi connectivity index (χ2v) is 34.6. The maximum atomic E-state index is 2.65. The quantitative estimate of drug-likeness (QED) is 0.242. The van der Waals surface area contributed by atoms with Crippen molar-refractivity contribution in [2.75, 3.05) is 0 Å². The molecular formula is C22H39Cl2HfSi. The van der Waals surface area contributed by atoms with E-state index in [4.69, 9.17) is 0 Å². The van der Waals surface area contributed by atoms with Gasteiger partial charge in [0.1, 0.15) is 0 Å². The van der Waals surface area contributed by atoms with E-state index in [-0.39, 0.29) is 24.8 Å². The fourth-order valence-electron chi connectivity index (χ4n) is 4.27. The molecule has 2 aliphatic rings. The fourth-order valence-corrected chi connectivity index (χ4v) is 33.8. The third-order valence-corrected chi connectivity index (χ3v) is 33.9. The van der Waals surface area contributed by atoms with Gasteiger partial charge in [-0.3, -0.25) is 0 Å². The molecule has 0 fully saturated rings. The molecule has 0 nitrogen and oxygen atoms in total. The molecule has 0 aromatic heterocycles. The molecule has 149 valence electrons. The minimum atomic E-state index is -1.77. The van der Waals surface area contributed by atoms with Crippen LogP contribution in [0.1, 0.15) is 79.1 Å². The Balaban J connectivity index is 0.00000312. The van der Waals surface area contributed by atoms with Crippen LogP contribution in [0.15, 0.2) is 41.1 Å². The Morgan fingerprint density at radius 3 is 1.50 bits per heavy atom. The van der Waals surface area contributed by atoms with Crippen LogP contribution < -0.4 is 0 Å². The zero-order chi connectivity index (χ0) is 17.7. The molecule has 26 heavy (non-hydrogen) atoms. The summed E-state index contributed by atoms with van der Waals surface area (Å²) in [5, 5.41) is 0. The van der Waals surface area contributed by atoms with Crippen molar-refractivity contribution < 1.29 is 20.6 Å². The van der Waals surface area contributed by atoms with Gasteiger partial charge in [-0.25, -0.2) is 0 Å². The topological polar surface area (TPSA) is 0 Å². The molecular weight excluding hydrogens is 542 g/mol. The molecule has 0 heterocycles. The third kappa shape index (κ3) is 6.32. The molecule has 0 atom stereocenters. The number of rotatable bonds is 9. The minimum absolute atomic E-state index is 0. The SMILES string of the molecule is CCCCC1=CC[C]([Hf]([C]2=C(C)C(CCCC)=CC2)[SiH](C)C)=C1C.Cl.Cl. The summed E-state index contributed by atoms with van der Waals surface area (Å²) in [7, 11) is 0. The molecule has 0 amide bonds. The number of allylic oxidation sites excluding steroid dienone is 8.